The average molecular weight is 1590 g/mol. The Balaban J connectivity index is 0.000000147. The topological polar surface area (TPSA) is 391 Å². The second-order valence-electron chi connectivity index (χ2n) is 26.9. The molecule has 4 N–H and O–H groups in total. The first-order valence-corrected chi connectivity index (χ1v) is 35.8. The predicted octanol–water partition coefficient (Wildman–Crippen LogP) is 15.4. The zero-order valence-electron chi connectivity index (χ0n) is 65.2. The summed E-state index contributed by atoms with van der Waals surface area (Å²) in [5.41, 5.74) is 10.3. The molecule has 4 aliphatic heterocycles. The van der Waals surface area contributed by atoms with Crippen LogP contribution in [-0.2, 0) is 23.8 Å². The van der Waals surface area contributed by atoms with E-state index in [2.05, 4.69) is 4.74 Å². The summed E-state index contributed by atoms with van der Waals surface area (Å²) < 4.78 is 63.5. The molecule has 16 rings (SSSR count). The van der Waals surface area contributed by atoms with E-state index < -0.39 is 47.4 Å². The molecule has 27 heteroatoms. The van der Waals surface area contributed by atoms with Crippen molar-refractivity contribution in [2.45, 2.75) is 74.5 Å². The SMILES string of the molecule is CC(=O)c1cc(C)ccc1O.CC(=O)c1cc(O)ccc1O.COC(=O)C1=C(C)c2cc(C)ccc2OC1c1ccc2c(c1)OCO2.COC(=O)C1C(=O)c2cc(C)ccc2OC1c1ccc2c(c1)OCO2.COC(=O)c1coc2ccc(C)cc2c1=O.Cc1ccc2occ(C(=O)O)c(=O)c2c1.Cc1ccc2occ(C=O)c(=O)c2c1. The highest BCUT2D eigenvalue weighted by Crippen LogP contribution is 2.46. The number of benzene rings is 9. The van der Waals surface area contributed by atoms with E-state index in [-0.39, 0.29) is 81.3 Å². The second kappa shape index (κ2) is 37.2. The van der Waals surface area contributed by atoms with Gasteiger partial charge >= 0.3 is 23.9 Å². The molecule has 4 aliphatic rings. The van der Waals surface area contributed by atoms with Crippen LogP contribution in [0.5, 0.6) is 51.7 Å². The third-order valence-corrected chi connectivity index (χ3v) is 18.4. The van der Waals surface area contributed by atoms with Gasteiger partial charge in [-0.05, 0) is 189 Å². The standard InChI is InChI=1S/C20H18O5.C19H16O6.C12H10O4.C11H8O4.C11H8O3.C9H10O2.C8H8O3/c1-11-4-6-15-14(8-11)12(2)18(20(21)22-3)19(25-15)13-5-7-16-17(9-13)24-10-23-16;1-10-3-5-13-12(7-10)17(20)16(19(21)22-2)18(25-13)11-4-6-14-15(8-11)24-9-23-14;1-7-3-4-10-8(5-7)11(13)9(6-16-10)12(14)15-2;1-6-2-3-9-7(4-6)10(12)8(5-15-9)11(13)14;1-7-2-3-10-9(4-7)11(13)8(5-12)6-14-10;1-6-3-4-9(11)8(5-6)7(2)10;1-5(9)7-4-6(10)2-3-8(7)11/h4-9,19H,10H2,1-3H3;3-8,16,18H,9H2,1-2H3;3-6H,1-2H3;2-5H,1H3,(H,13,14);2-6H,1H3;3-5,11H,1-2H3;2-4,10-11H,1H3. The van der Waals surface area contributed by atoms with Crippen LogP contribution in [0.2, 0.25) is 0 Å². The minimum absolute atomic E-state index is 0.0204. The summed E-state index contributed by atoms with van der Waals surface area (Å²) >= 11 is 0. The van der Waals surface area contributed by atoms with E-state index in [4.69, 9.17) is 66.5 Å². The van der Waals surface area contributed by atoms with Crippen molar-refractivity contribution in [2.75, 3.05) is 34.9 Å². The highest BCUT2D eigenvalue weighted by molar-refractivity contribution is 6.12. The Morgan fingerprint density at radius 2 is 0.846 bits per heavy atom. The maximum atomic E-state index is 13.0. The van der Waals surface area contributed by atoms with Crippen molar-refractivity contribution in [3.05, 3.63) is 302 Å². The highest BCUT2D eigenvalue weighted by Gasteiger charge is 2.44. The number of phenolic OH excluding ortho intramolecular Hbond substituents is 3. The van der Waals surface area contributed by atoms with Crippen LogP contribution >= 0.6 is 0 Å². The second-order valence-corrected chi connectivity index (χ2v) is 26.9. The number of carbonyl (C=O) groups is 8. The third kappa shape index (κ3) is 19.6. The van der Waals surface area contributed by atoms with Gasteiger partial charge in [-0.25, -0.2) is 14.4 Å². The zero-order valence-corrected chi connectivity index (χ0v) is 65.2. The van der Waals surface area contributed by atoms with Crippen LogP contribution in [0.4, 0.5) is 0 Å². The van der Waals surface area contributed by atoms with Gasteiger partial charge in [0, 0.05) is 11.1 Å². The van der Waals surface area contributed by atoms with E-state index >= 15 is 0 Å². The summed E-state index contributed by atoms with van der Waals surface area (Å²) in [7, 11) is 3.87. The number of phenols is 3. The minimum atomic E-state index is -1.27. The molecule has 0 bridgehead atoms. The van der Waals surface area contributed by atoms with E-state index in [1.165, 1.54) is 65.7 Å². The predicted molar refractivity (Wildman–Crippen MR) is 427 cm³/mol. The number of carboxylic acids is 1. The summed E-state index contributed by atoms with van der Waals surface area (Å²) in [6.07, 6.45) is 2.45. The molecule has 12 aromatic rings. The summed E-state index contributed by atoms with van der Waals surface area (Å²) in [5, 5.41) is 37.1. The third-order valence-electron chi connectivity index (χ3n) is 18.4. The van der Waals surface area contributed by atoms with Crippen LogP contribution in [0.1, 0.15) is 145 Å². The highest BCUT2D eigenvalue weighted by atomic mass is 16.7. The molecule has 0 fully saturated rings. The number of allylic oxidation sites excluding steroid dienone is 1. The first-order valence-electron chi connectivity index (χ1n) is 35.8. The maximum Gasteiger partial charge on any atom is 0.345 e. The fourth-order valence-corrected chi connectivity index (χ4v) is 12.4. The number of rotatable bonds is 9. The van der Waals surface area contributed by atoms with Crippen LogP contribution in [0.15, 0.2) is 216 Å². The lowest BCUT2D eigenvalue weighted by Crippen LogP contribution is -2.37. The first-order chi connectivity index (χ1) is 55.8. The number of ether oxygens (including phenoxy) is 9. The number of fused-ring (bicyclic) bond motifs is 7. The van der Waals surface area contributed by atoms with Crippen molar-refractivity contribution in [1.82, 2.24) is 0 Å². The number of aromatic hydroxyl groups is 3. The Hall–Kier alpha value is -14.9. The number of ketones is 3. The zero-order chi connectivity index (χ0) is 84.8. The van der Waals surface area contributed by atoms with Crippen LogP contribution in [0.25, 0.3) is 38.5 Å². The lowest BCUT2D eigenvalue weighted by Gasteiger charge is -2.31. The fraction of sp³-hybridized carbons (Fsp3) is 0.189. The van der Waals surface area contributed by atoms with E-state index in [1.807, 2.05) is 103 Å². The summed E-state index contributed by atoms with van der Waals surface area (Å²) in [4.78, 5) is 127. The van der Waals surface area contributed by atoms with E-state index in [0.717, 1.165) is 68.4 Å². The quantitative estimate of drug-likeness (QED) is 0.0260. The fourth-order valence-electron chi connectivity index (χ4n) is 12.4. The molecule has 117 heavy (non-hydrogen) atoms. The number of carboxylic acid groups (broad SMARTS) is 1. The Morgan fingerprint density at radius 1 is 0.419 bits per heavy atom. The van der Waals surface area contributed by atoms with Crippen molar-refractivity contribution in [3.8, 4) is 51.7 Å². The Morgan fingerprint density at radius 3 is 1.35 bits per heavy atom. The molecule has 3 aromatic heterocycles. The number of hydrogen-bond acceptors (Lipinski definition) is 26. The summed E-state index contributed by atoms with van der Waals surface area (Å²) in [6.45, 7) is 16.4. The summed E-state index contributed by atoms with van der Waals surface area (Å²) in [6, 6.07) is 46.5. The smallest absolute Gasteiger partial charge is 0.345 e. The van der Waals surface area contributed by atoms with Gasteiger partial charge in [-0.1, -0.05) is 81.9 Å². The molecule has 3 atom stereocenters. The Bertz CT molecular complexity index is 6070. The van der Waals surface area contributed by atoms with Crippen LogP contribution < -0.4 is 44.7 Å². The van der Waals surface area contributed by atoms with E-state index in [9.17, 15) is 57.8 Å². The number of aldehydes is 1. The van der Waals surface area contributed by atoms with Crippen molar-refractivity contribution < 1.29 is 115 Å². The monoisotopic (exact) mass is 1590 g/mol. The largest absolute Gasteiger partial charge is 0.508 e. The van der Waals surface area contributed by atoms with Crippen molar-refractivity contribution in [3.63, 3.8) is 0 Å². The molecule has 7 heterocycles. The van der Waals surface area contributed by atoms with Gasteiger partial charge in [0.05, 0.1) is 65.3 Å². The number of hydrogen-bond donors (Lipinski definition) is 4. The molecule has 9 aromatic carbocycles. The van der Waals surface area contributed by atoms with Gasteiger partial charge in [-0.3, -0.25) is 38.4 Å². The van der Waals surface area contributed by atoms with Crippen LogP contribution in [0, 0.1) is 47.5 Å². The number of esters is 3. The lowest BCUT2D eigenvalue weighted by atomic mass is 9.85. The Labute approximate surface area is 666 Å². The number of Topliss-reactive ketones (excluding diaryl/α,β-unsaturated/α-hetero) is 3. The lowest BCUT2D eigenvalue weighted by molar-refractivity contribution is -0.147. The molecule has 600 valence electrons. The normalized spacial score (nSPS) is 14.0. The van der Waals surface area contributed by atoms with Gasteiger partial charge in [0.25, 0.3) is 0 Å². The van der Waals surface area contributed by atoms with Crippen molar-refractivity contribution in [2.24, 2.45) is 5.92 Å². The molecule has 3 unspecified atom stereocenters. The Kier molecular flexibility index (Phi) is 26.9. The molecular weight excluding hydrogens is 1510 g/mol. The van der Waals surface area contributed by atoms with Gasteiger partial charge in [0.15, 0.2) is 58.7 Å². The number of carbonyl (C=O) groups excluding carboxylic acids is 7. The minimum Gasteiger partial charge on any atom is -0.508 e. The van der Waals surface area contributed by atoms with Gasteiger partial charge in [0.1, 0.15) is 81.5 Å². The molecule has 0 spiro atoms. The van der Waals surface area contributed by atoms with E-state index in [1.54, 1.807) is 84.9 Å². The molecule has 0 radical (unpaired) electrons. The van der Waals surface area contributed by atoms with Gasteiger partial charge < -0.3 is 76.3 Å². The van der Waals surface area contributed by atoms with Crippen LogP contribution in [0.3, 0.4) is 0 Å². The number of methoxy groups -OCH3 is 3. The van der Waals surface area contributed by atoms with Crippen molar-refractivity contribution >= 4 is 86.0 Å². The van der Waals surface area contributed by atoms with Gasteiger partial charge in [-0.2, -0.15) is 0 Å². The number of aryl methyl sites for hydroxylation is 6. The first kappa shape index (κ1) is 84.6. The molecule has 0 saturated heterocycles. The number of aromatic carboxylic acids is 1. The van der Waals surface area contributed by atoms with Crippen LogP contribution in [-0.4, -0.2) is 103 Å². The average Bonchev–Trinajstić information content (AvgIpc) is 1.23. The molecule has 0 aliphatic carbocycles. The molecular formula is C90H78O27. The van der Waals surface area contributed by atoms with Crippen molar-refractivity contribution in [1.29, 1.82) is 0 Å². The maximum absolute atomic E-state index is 13.0. The van der Waals surface area contributed by atoms with Gasteiger partial charge in [-0.15, -0.1) is 0 Å². The molecule has 0 saturated carbocycles. The van der Waals surface area contributed by atoms with Gasteiger partial charge in [0.2, 0.25) is 29.9 Å². The molecule has 0 amide bonds. The summed E-state index contributed by atoms with van der Waals surface area (Å²) in [5.74, 6) is -1.06. The van der Waals surface area contributed by atoms with E-state index in [0.29, 0.717) is 90.2 Å². The molecule has 27 nitrogen and oxygen atoms in total.